The molecule has 0 aromatic carbocycles. The average molecular weight is 232 g/mol. The van der Waals surface area contributed by atoms with Crippen molar-refractivity contribution in [1.82, 2.24) is 9.71 Å². The molecule has 0 spiro atoms. The minimum atomic E-state index is -1.04. The molecule has 2 atom stereocenters. The molecule has 3 nitrogen and oxygen atoms in total. The Labute approximate surface area is 92.3 Å². The van der Waals surface area contributed by atoms with Crippen LogP contribution in [0.5, 0.6) is 0 Å². The maximum Gasteiger partial charge on any atom is 0.136 e. The van der Waals surface area contributed by atoms with Gasteiger partial charge in [-0.25, -0.2) is 4.98 Å². The molecule has 1 N–H and O–H groups in total. The summed E-state index contributed by atoms with van der Waals surface area (Å²) < 4.78 is 14.6. The standard InChI is InChI=1S/C9H16N2OS2/c1-7(8-5-13-6-10-8)11-14(12)9(2,3)4/h5-7,11H,1-4H3/t7?,14-/m0/s1. The van der Waals surface area contributed by atoms with E-state index in [1.807, 2.05) is 33.1 Å². The number of hydrogen-bond donors (Lipinski definition) is 1. The van der Waals surface area contributed by atoms with Crippen molar-refractivity contribution in [1.29, 1.82) is 0 Å². The summed E-state index contributed by atoms with van der Waals surface area (Å²) in [5.74, 6) is 0. The van der Waals surface area contributed by atoms with E-state index in [1.165, 1.54) is 0 Å². The summed E-state index contributed by atoms with van der Waals surface area (Å²) in [6, 6.07) is 0.0429. The first-order valence-corrected chi connectivity index (χ1v) is 6.56. The Morgan fingerprint density at radius 3 is 2.64 bits per heavy atom. The molecule has 0 bridgehead atoms. The van der Waals surface area contributed by atoms with Crippen LogP contribution in [0.4, 0.5) is 0 Å². The van der Waals surface area contributed by atoms with Crippen molar-refractivity contribution in [3.05, 3.63) is 16.6 Å². The lowest BCUT2D eigenvalue weighted by Crippen LogP contribution is -2.40. The molecular weight excluding hydrogens is 216 g/mol. The van der Waals surface area contributed by atoms with Crippen molar-refractivity contribution in [3.8, 4) is 0 Å². The lowest BCUT2D eigenvalue weighted by molar-refractivity contribution is 0.529. The van der Waals surface area contributed by atoms with Gasteiger partial charge in [0.15, 0.2) is 0 Å². The van der Waals surface area contributed by atoms with E-state index >= 15 is 0 Å². The van der Waals surface area contributed by atoms with Gasteiger partial charge in [-0.3, -0.25) is 0 Å². The van der Waals surface area contributed by atoms with E-state index in [1.54, 1.807) is 16.8 Å². The SMILES string of the molecule is CC(N[S@@+]([O-])C(C)(C)C)c1cscn1. The van der Waals surface area contributed by atoms with E-state index in [0.717, 1.165) is 5.69 Å². The summed E-state index contributed by atoms with van der Waals surface area (Å²) in [5.41, 5.74) is 2.74. The van der Waals surface area contributed by atoms with Gasteiger partial charge in [0.1, 0.15) is 4.75 Å². The Morgan fingerprint density at radius 2 is 2.21 bits per heavy atom. The van der Waals surface area contributed by atoms with Crippen LogP contribution in [-0.4, -0.2) is 14.3 Å². The van der Waals surface area contributed by atoms with Crippen LogP contribution in [0.2, 0.25) is 0 Å². The van der Waals surface area contributed by atoms with Crippen molar-refractivity contribution < 1.29 is 4.55 Å². The molecule has 0 amide bonds. The number of aromatic nitrogens is 1. The van der Waals surface area contributed by atoms with Gasteiger partial charge in [-0.15, -0.1) is 16.1 Å². The molecule has 0 aliphatic carbocycles. The van der Waals surface area contributed by atoms with E-state index in [-0.39, 0.29) is 10.8 Å². The average Bonchev–Trinajstić information content (AvgIpc) is 2.53. The second-order valence-corrected chi connectivity index (χ2v) is 6.85. The van der Waals surface area contributed by atoms with Crippen LogP contribution in [0.15, 0.2) is 10.9 Å². The Kier molecular flexibility index (Phi) is 3.94. The molecule has 0 aliphatic heterocycles. The Hall–Kier alpha value is -0.100. The fourth-order valence-corrected chi connectivity index (χ4v) is 2.28. The molecule has 1 heterocycles. The molecule has 1 unspecified atom stereocenters. The van der Waals surface area contributed by atoms with Gasteiger partial charge < -0.3 is 4.55 Å². The minimum absolute atomic E-state index is 0.0429. The Morgan fingerprint density at radius 1 is 1.57 bits per heavy atom. The van der Waals surface area contributed by atoms with Crippen molar-refractivity contribution in [2.75, 3.05) is 0 Å². The van der Waals surface area contributed by atoms with E-state index in [4.69, 9.17) is 0 Å². The highest BCUT2D eigenvalue weighted by molar-refractivity contribution is 7.90. The van der Waals surface area contributed by atoms with Crippen LogP contribution in [0, 0.1) is 0 Å². The summed E-state index contributed by atoms with van der Waals surface area (Å²) in [6.07, 6.45) is 0. The Balaban J connectivity index is 2.53. The molecular formula is C9H16N2OS2. The fourth-order valence-electron chi connectivity index (χ4n) is 0.833. The summed E-state index contributed by atoms with van der Waals surface area (Å²) in [6.45, 7) is 7.82. The first kappa shape index (κ1) is 12.0. The molecule has 0 aliphatic rings. The van der Waals surface area contributed by atoms with Crippen molar-refractivity contribution >= 4 is 22.7 Å². The van der Waals surface area contributed by atoms with E-state index < -0.39 is 11.4 Å². The highest BCUT2D eigenvalue weighted by Crippen LogP contribution is 2.19. The molecule has 80 valence electrons. The van der Waals surface area contributed by atoms with Crippen molar-refractivity contribution in [2.45, 2.75) is 38.5 Å². The van der Waals surface area contributed by atoms with Gasteiger partial charge in [-0.2, -0.15) is 0 Å². The first-order valence-electron chi connectivity index (χ1n) is 4.47. The maximum atomic E-state index is 11.7. The molecule has 0 saturated heterocycles. The quantitative estimate of drug-likeness (QED) is 0.813. The molecule has 1 rings (SSSR count). The van der Waals surface area contributed by atoms with Gasteiger partial charge in [0.2, 0.25) is 0 Å². The van der Waals surface area contributed by atoms with Crippen LogP contribution in [0.1, 0.15) is 39.4 Å². The minimum Gasteiger partial charge on any atom is -0.598 e. The van der Waals surface area contributed by atoms with Gasteiger partial charge >= 0.3 is 0 Å². The highest BCUT2D eigenvalue weighted by atomic mass is 32.2. The number of nitrogens with zero attached hydrogens (tertiary/aromatic N) is 1. The lowest BCUT2D eigenvalue weighted by atomic mass is 10.3. The van der Waals surface area contributed by atoms with Gasteiger partial charge in [-0.1, -0.05) is 0 Å². The molecule has 1 aromatic heterocycles. The number of hydrogen-bond acceptors (Lipinski definition) is 4. The predicted molar refractivity (Wildman–Crippen MR) is 61.6 cm³/mol. The molecule has 0 radical (unpaired) electrons. The Bertz CT molecular complexity index is 269. The van der Waals surface area contributed by atoms with E-state index in [9.17, 15) is 4.55 Å². The monoisotopic (exact) mass is 232 g/mol. The van der Waals surface area contributed by atoms with Crippen LogP contribution in [0.3, 0.4) is 0 Å². The number of thiazole rings is 1. The van der Waals surface area contributed by atoms with Gasteiger partial charge in [-0.05, 0) is 27.7 Å². The van der Waals surface area contributed by atoms with E-state index in [2.05, 4.69) is 9.71 Å². The fraction of sp³-hybridized carbons (Fsp3) is 0.667. The summed E-state index contributed by atoms with van der Waals surface area (Å²) in [7, 11) is 0. The summed E-state index contributed by atoms with van der Waals surface area (Å²) in [5, 5.41) is 1.97. The van der Waals surface area contributed by atoms with E-state index in [0.29, 0.717) is 0 Å². The topological polar surface area (TPSA) is 48.0 Å². The number of rotatable bonds is 3. The van der Waals surface area contributed by atoms with Crippen LogP contribution >= 0.6 is 11.3 Å². The lowest BCUT2D eigenvalue weighted by Gasteiger charge is -2.25. The zero-order chi connectivity index (χ0) is 10.8. The zero-order valence-electron chi connectivity index (χ0n) is 8.90. The predicted octanol–water partition coefficient (Wildman–Crippen LogP) is 2.26. The molecule has 1 aromatic rings. The van der Waals surface area contributed by atoms with Crippen molar-refractivity contribution in [3.63, 3.8) is 0 Å². The third-order valence-electron chi connectivity index (χ3n) is 1.74. The van der Waals surface area contributed by atoms with Gasteiger partial charge in [0, 0.05) is 16.7 Å². The third-order valence-corrected chi connectivity index (χ3v) is 4.02. The van der Waals surface area contributed by atoms with Gasteiger partial charge in [0.05, 0.1) is 17.2 Å². The number of nitrogens with one attached hydrogen (secondary N) is 1. The van der Waals surface area contributed by atoms with Crippen molar-refractivity contribution in [2.24, 2.45) is 0 Å². The first-order chi connectivity index (χ1) is 6.41. The second kappa shape index (κ2) is 4.61. The molecule has 0 saturated carbocycles. The normalized spacial score (nSPS) is 16.6. The maximum absolute atomic E-state index is 11.7. The second-order valence-electron chi connectivity index (χ2n) is 4.13. The van der Waals surface area contributed by atoms with Crippen LogP contribution in [-0.2, 0) is 11.4 Å². The van der Waals surface area contributed by atoms with Crippen LogP contribution < -0.4 is 4.72 Å². The molecule has 0 fully saturated rings. The largest absolute Gasteiger partial charge is 0.598 e. The van der Waals surface area contributed by atoms with Gasteiger partial charge in [0.25, 0.3) is 0 Å². The smallest absolute Gasteiger partial charge is 0.136 e. The summed E-state index contributed by atoms with van der Waals surface area (Å²) in [4.78, 5) is 4.17. The third kappa shape index (κ3) is 3.24. The summed E-state index contributed by atoms with van der Waals surface area (Å²) >= 11 is 0.515. The molecule has 14 heavy (non-hydrogen) atoms. The zero-order valence-corrected chi connectivity index (χ0v) is 10.5. The highest BCUT2D eigenvalue weighted by Gasteiger charge is 2.28. The molecule has 5 heteroatoms. The van der Waals surface area contributed by atoms with Crippen LogP contribution in [0.25, 0.3) is 0 Å².